The number of ether oxygens (including phenoxy) is 1. The summed E-state index contributed by atoms with van der Waals surface area (Å²) in [6, 6.07) is 5.20. The van der Waals surface area contributed by atoms with Gasteiger partial charge in [-0.05, 0) is 19.1 Å². The van der Waals surface area contributed by atoms with Crippen molar-refractivity contribution >= 4 is 5.69 Å². The molecule has 0 unspecified atom stereocenters. The molecule has 0 aliphatic heterocycles. The molecule has 0 aromatic carbocycles. The van der Waals surface area contributed by atoms with Gasteiger partial charge < -0.3 is 10.2 Å². The highest BCUT2D eigenvalue weighted by molar-refractivity contribution is 5.41. The van der Waals surface area contributed by atoms with Gasteiger partial charge >= 0.3 is 0 Å². The van der Waals surface area contributed by atoms with Crippen LogP contribution in [0.4, 0.5) is 5.69 Å². The number of hydrogen-bond donors (Lipinski definition) is 2. The van der Waals surface area contributed by atoms with Crippen molar-refractivity contribution < 1.29 is 4.74 Å². The van der Waals surface area contributed by atoms with Gasteiger partial charge in [-0.25, -0.2) is 4.98 Å². The second-order valence-electron chi connectivity index (χ2n) is 3.99. The number of methoxy groups -OCH3 is 1. The maximum absolute atomic E-state index is 12.0. The van der Waals surface area contributed by atoms with Gasteiger partial charge in [0.2, 0.25) is 0 Å². The highest BCUT2D eigenvalue weighted by Gasteiger charge is 2.09. The molecule has 0 aliphatic rings. The molecule has 2 rings (SSSR count). The summed E-state index contributed by atoms with van der Waals surface area (Å²) in [4.78, 5) is 20.3. The van der Waals surface area contributed by atoms with E-state index < -0.39 is 0 Å². The summed E-state index contributed by atoms with van der Waals surface area (Å²) in [5, 5.41) is 0. The zero-order valence-corrected chi connectivity index (χ0v) is 10.8. The first-order chi connectivity index (χ1) is 9.13. The number of rotatable bonds is 4. The molecule has 2 aromatic rings. The van der Waals surface area contributed by atoms with E-state index in [-0.39, 0.29) is 18.1 Å². The van der Waals surface area contributed by atoms with Crippen molar-refractivity contribution in [3.8, 4) is 6.01 Å². The van der Waals surface area contributed by atoms with Crippen LogP contribution in [0.2, 0.25) is 0 Å². The quantitative estimate of drug-likeness (QED) is 0.606. The maximum Gasteiger partial charge on any atom is 0.299 e. The number of nitrogen functional groups attached to an aromatic ring is 1. The monoisotopic (exact) mass is 261 g/mol. The van der Waals surface area contributed by atoms with Gasteiger partial charge in [0.25, 0.3) is 11.6 Å². The Balaban J connectivity index is 2.40. The number of aromatic nitrogens is 3. The van der Waals surface area contributed by atoms with Crippen LogP contribution >= 0.6 is 0 Å². The highest BCUT2D eigenvalue weighted by Crippen LogP contribution is 2.10. The van der Waals surface area contributed by atoms with Gasteiger partial charge in [-0.1, -0.05) is 0 Å². The lowest BCUT2D eigenvalue weighted by Gasteiger charge is -2.11. The Hall–Kier alpha value is -2.41. The van der Waals surface area contributed by atoms with Gasteiger partial charge in [0.1, 0.15) is 0 Å². The molecule has 3 N–H and O–H groups in total. The van der Waals surface area contributed by atoms with Crippen LogP contribution in [0.3, 0.4) is 0 Å². The minimum Gasteiger partial charge on any atom is -0.468 e. The minimum atomic E-state index is -0.183. The largest absolute Gasteiger partial charge is 0.468 e. The molecule has 0 atom stereocenters. The molecule has 0 saturated heterocycles. The van der Waals surface area contributed by atoms with Gasteiger partial charge in [0.05, 0.1) is 25.0 Å². The molecule has 0 radical (unpaired) electrons. The van der Waals surface area contributed by atoms with Crippen molar-refractivity contribution in [2.45, 2.75) is 13.5 Å². The third-order valence-electron chi connectivity index (χ3n) is 2.59. The number of nitrogens with two attached hydrogens (primary N) is 1. The van der Waals surface area contributed by atoms with Crippen molar-refractivity contribution in [1.29, 1.82) is 0 Å². The zero-order valence-electron chi connectivity index (χ0n) is 10.8. The van der Waals surface area contributed by atoms with E-state index in [2.05, 4.69) is 15.4 Å². The summed E-state index contributed by atoms with van der Waals surface area (Å²) >= 11 is 0. The van der Waals surface area contributed by atoms with E-state index in [1.807, 2.05) is 0 Å². The summed E-state index contributed by atoms with van der Waals surface area (Å²) in [7, 11) is 1.48. The average Bonchev–Trinajstić information content (AvgIpc) is 2.41. The summed E-state index contributed by atoms with van der Waals surface area (Å²) in [5.74, 6) is 5.33. The van der Waals surface area contributed by atoms with E-state index in [9.17, 15) is 4.79 Å². The zero-order chi connectivity index (χ0) is 13.8. The first-order valence-electron chi connectivity index (χ1n) is 5.68. The molecule has 2 aromatic heterocycles. The SMILES string of the molecule is COc1nc(C)cc(=O)n1Cc1cc(NN)ccn1. The van der Waals surface area contributed by atoms with E-state index >= 15 is 0 Å². The average molecular weight is 261 g/mol. The van der Waals surface area contributed by atoms with Gasteiger partial charge in [-0.3, -0.25) is 20.2 Å². The van der Waals surface area contributed by atoms with Crippen LogP contribution in [0.1, 0.15) is 11.4 Å². The van der Waals surface area contributed by atoms with Crippen LogP contribution in [-0.4, -0.2) is 21.6 Å². The lowest BCUT2D eigenvalue weighted by Crippen LogP contribution is -2.23. The van der Waals surface area contributed by atoms with Crippen LogP contribution in [0.15, 0.2) is 29.2 Å². The van der Waals surface area contributed by atoms with E-state index in [0.717, 1.165) is 5.69 Å². The summed E-state index contributed by atoms with van der Waals surface area (Å²) in [5.41, 5.74) is 4.36. The third kappa shape index (κ3) is 2.89. The normalized spacial score (nSPS) is 10.3. The predicted molar refractivity (Wildman–Crippen MR) is 70.9 cm³/mol. The molecule has 7 heteroatoms. The van der Waals surface area contributed by atoms with Gasteiger partial charge in [0.15, 0.2) is 0 Å². The Morgan fingerprint density at radius 3 is 2.95 bits per heavy atom. The molecular formula is C12H15N5O2. The Kier molecular flexibility index (Phi) is 3.76. The molecule has 0 amide bonds. The smallest absolute Gasteiger partial charge is 0.299 e. The number of nitrogens with zero attached hydrogens (tertiary/aromatic N) is 3. The molecule has 19 heavy (non-hydrogen) atoms. The predicted octanol–water partition coefficient (Wildman–Crippen LogP) is 0.289. The first-order valence-corrected chi connectivity index (χ1v) is 5.68. The van der Waals surface area contributed by atoms with Crippen molar-refractivity contribution in [2.75, 3.05) is 12.5 Å². The van der Waals surface area contributed by atoms with E-state index in [0.29, 0.717) is 11.4 Å². The van der Waals surface area contributed by atoms with Crippen LogP contribution < -0.4 is 21.6 Å². The fraction of sp³-hybridized carbons (Fsp3) is 0.250. The number of pyridine rings is 1. The van der Waals surface area contributed by atoms with Crippen LogP contribution in [0.5, 0.6) is 6.01 Å². The summed E-state index contributed by atoms with van der Waals surface area (Å²) in [6.45, 7) is 2.01. The van der Waals surface area contributed by atoms with E-state index in [1.54, 1.807) is 25.3 Å². The fourth-order valence-electron chi connectivity index (χ4n) is 1.71. The minimum absolute atomic E-state index is 0.183. The Morgan fingerprint density at radius 2 is 2.26 bits per heavy atom. The standard InChI is InChI=1S/C12H15N5O2/c1-8-5-11(18)17(12(15-8)19-2)7-10-6-9(16-13)3-4-14-10/h3-6H,7,13H2,1-2H3,(H,14,16). The number of nitrogens with one attached hydrogen (secondary N) is 1. The van der Waals surface area contributed by atoms with E-state index in [4.69, 9.17) is 10.6 Å². The highest BCUT2D eigenvalue weighted by atomic mass is 16.5. The van der Waals surface area contributed by atoms with Crippen LogP contribution in [-0.2, 0) is 6.54 Å². The van der Waals surface area contributed by atoms with Crippen LogP contribution in [0, 0.1) is 6.92 Å². The second kappa shape index (κ2) is 5.49. The molecular weight excluding hydrogens is 246 g/mol. The van der Waals surface area contributed by atoms with Crippen molar-refractivity contribution in [1.82, 2.24) is 14.5 Å². The van der Waals surface area contributed by atoms with Crippen molar-refractivity contribution in [3.05, 3.63) is 46.1 Å². The Bertz CT molecular complexity index is 638. The number of anilines is 1. The summed E-state index contributed by atoms with van der Waals surface area (Å²) in [6.07, 6.45) is 1.61. The maximum atomic E-state index is 12.0. The lowest BCUT2D eigenvalue weighted by atomic mass is 10.3. The molecule has 7 nitrogen and oxygen atoms in total. The third-order valence-corrected chi connectivity index (χ3v) is 2.59. The molecule has 100 valence electrons. The number of hydrogen-bond acceptors (Lipinski definition) is 6. The van der Waals surface area contributed by atoms with Crippen molar-refractivity contribution in [3.63, 3.8) is 0 Å². The first kappa shape index (κ1) is 13.0. The number of aryl methyl sites for hydroxylation is 1. The van der Waals surface area contributed by atoms with E-state index in [1.165, 1.54) is 17.7 Å². The topological polar surface area (TPSA) is 95.1 Å². The fourth-order valence-corrected chi connectivity index (χ4v) is 1.71. The Morgan fingerprint density at radius 1 is 1.47 bits per heavy atom. The molecule has 0 saturated carbocycles. The number of hydrazine groups is 1. The molecule has 0 bridgehead atoms. The molecule has 0 fully saturated rings. The van der Waals surface area contributed by atoms with Gasteiger partial charge in [-0.2, -0.15) is 0 Å². The Labute approximate surface area is 110 Å². The van der Waals surface area contributed by atoms with Gasteiger partial charge in [0, 0.05) is 18.0 Å². The van der Waals surface area contributed by atoms with Gasteiger partial charge in [-0.15, -0.1) is 0 Å². The molecule has 2 heterocycles. The molecule has 0 spiro atoms. The van der Waals surface area contributed by atoms with Crippen molar-refractivity contribution in [2.24, 2.45) is 5.84 Å². The second-order valence-corrected chi connectivity index (χ2v) is 3.99. The lowest BCUT2D eigenvalue weighted by molar-refractivity contribution is 0.349. The summed E-state index contributed by atoms with van der Waals surface area (Å²) < 4.78 is 6.53. The van der Waals surface area contributed by atoms with Crippen LogP contribution in [0.25, 0.3) is 0 Å². The molecule has 0 aliphatic carbocycles.